The van der Waals surface area contributed by atoms with Crippen molar-refractivity contribution in [2.45, 2.75) is 25.7 Å². The highest BCUT2D eigenvalue weighted by Crippen LogP contribution is 2.45. The van der Waals surface area contributed by atoms with Gasteiger partial charge in [0.05, 0.1) is 12.2 Å². The number of fused-ring (bicyclic) bond motifs is 2. The molecular formula is C23H24O2. The molecule has 2 aliphatic rings. The van der Waals surface area contributed by atoms with Crippen molar-refractivity contribution in [3.8, 4) is 11.1 Å². The van der Waals surface area contributed by atoms with Crippen LogP contribution >= 0.6 is 0 Å². The Hall–Kier alpha value is -2.35. The van der Waals surface area contributed by atoms with Gasteiger partial charge in [-0.2, -0.15) is 0 Å². The molecule has 25 heavy (non-hydrogen) atoms. The van der Waals surface area contributed by atoms with Crippen LogP contribution in [-0.4, -0.2) is 12.6 Å². The molecule has 0 heterocycles. The summed E-state index contributed by atoms with van der Waals surface area (Å²) in [5.74, 6) is 2.19. The normalized spacial score (nSPS) is 23.8. The van der Waals surface area contributed by atoms with E-state index in [9.17, 15) is 4.79 Å². The summed E-state index contributed by atoms with van der Waals surface area (Å²) in [5.41, 5.74) is 2.89. The molecule has 2 aromatic rings. The molecule has 0 N–H and O–H groups in total. The molecule has 2 aliphatic carbocycles. The number of benzene rings is 2. The van der Waals surface area contributed by atoms with Crippen LogP contribution in [0.15, 0.2) is 66.7 Å². The third-order valence-corrected chi connectivity index (χ3v) is 5.60. The first-order valence-corrected chi connectivity index (χ1v) is 9.30. The van der Waals surface area contributed by atoms with Crippen molar-refractivity contribution in [1.82, 2.24) is 0 Å². The average Bonchev–Trinajstić information content (AvgIpc) is 3.29. The van der Waals surface area contributed by atoms with Crippen molar-refractivity contribution in [2.24, 2.45) is 17.8 Å². The van der Waals surface area contributed by atoms with Gasteiger partial charge in [-0.25, -0.2) is 4.79 Å². The van der Waals surface area contributed by atoms with Crippen LogP contribution in [0.4, 0.5) is 0 Å². The lowest BCUT2D eigenvalue weighted by molar-refractivity contribution is 0.0492. The van der Waals surface area contributed by atoms with E-state index in [0.29, 0.717) is 12.2 Å². The Balaban J connectivity index is 1.25. The zero-order chi connectivity index (χ0) is 17.1. The minimum Gasteiger partial charge on any atom is -0.462 e. The lowest BCUT2D eigenvalue weighted by Gasteiger charge is -2.17. The van der Waals surface area contributed by atoms with Gasteiger partial charge < -0.3 is 4.74 Å². The summed E-state index contributed by atoms with van der Waals surface area (Å²) in [6, 6.07) is 17.8. The second kappa shape index (κ2) is 7.26. The largest absolute Gasteiger partial charge is 0.462 e. The van der Waals surface area contributed by atoms with Gasteiger partial charge in [-0.1, -0.05) is 54.6 Å². The number of ether oxygens (including phenoxy) is 1. The van der Waals surface area contributed by atoms with Crippen LogP contribution in [0.25, 0.3) is 11.1 Å². The Morgan fingerprint density at radius 3 is 2.36 bits per heavy atom. The van der Waals surface area contributed by atoms with E-state index in [-0.39, 0.29) is 5.97 Å². The number of hydrogen-bond donors (Lipinski definition) is 0. The lowest BCUT2D eigenvalue weighted by atomic mass is 9.89. The molecule has 3 unspecified atom stereocenters. The topological polar surface area (TPSA) is 26.3 Å². The highest BCUT2D eigenvalue weighted by Gasteiger charge is 2.34. The molecule has 2 heteroatoms. The van der Waals surface area contributed by atoms with E-state index in [2.05, 4.69) is 24.3 Å². The molecule has 0 spiro atoms. The maximum Gasteiger partial charge on any atom is 0.338 e. The van der Waals surface area contributed by atoms with Gasteiger partial charge in [0.2, 0.25) is 0 Å². The fourth-order valence-electron chi connectivity index (χ4n) is 4.25. The van der Waals surface area contributed by atoms with Crippen molar-refractivity contribution >= 4 is 5.97 Å². The summed E-state index contributed by atoms with van der Waals surface area (Å²) in [7, 11) is 0. The Labute approximate surface area is 149 Å². The molecule has 0 aliphatic heterocycles. The van der Waals surface area contributed by atoms with Gasteiger partial charge in [0.15, 0.2) is 0 Å². The van der Waals surface area contributed by atoms with Crippen LogP contribution in [-0.2, 0) is 4.74 Å². The quantitative estimate of drug-likeness (QED) is 0.396. The molecule has 0 aromatic heterocycles. The first-order chi connectivity index (χ1) is 12.3. The zero-order valence-corrected chi connectivity index (χ0v) is 14.4. The predicted octanol–water partition coefficient (Wildman–Crippen LogP) is 5.50. The van der Waals surface area contributed by atoms with Crippen LogP contribution in [0.1, 0.15) is 36.0 Å². The molecule has 0 saturated heterocycles. The van der Waals surface area contributed by atoms with Crippen molar-refractivity contribution in [3.05, 3.63) is 72.3 Å². The number of carbonyl (C=O) groups is 1. The molecule has 2 nitrogen and oxygen atoms in total. The van der Waals surface area contributed by atoms with Gasteiger partial charge in [0, 0.05) is 0 Å². The van der Waals surface area contributed by atoms with Crippen LogP contribution in [0.3, 0.4) is 0 Å². The van der Waals surface area contributed by atoms with Gasteiger partial charge in [0.25, 0.3) is 0 Å². The van der Waals surface area contributed by atoms with Crippen LogP contribution in [0, 0.1) is 17.8 Å². The molecule has 0 radical (unpaired) electrons. The first-order valence-electron chi connectivity index (χ1n) is 9.30. The standard InChI is InChI=1S/C23H24O2/c24-23(25-14-4-7-21-15-17-8-9-22(21)16-17)20-12-10-19(11-13-20)18-5-2-1-3-6-18/h1-3,5-6,8-13,17,21-22H,4,7,14-16H2. The SMILES string of the molecule is O=C(OCCCC1CC2C=CC1C2)c1ccc(-c2ccccc2)cc1. The molecule has 1 saturated carbocycles. The Morgan fingerprint density at radius 1 is 0.920 bits per heavy atom. The molecule has 2 bridgehead atoms. The maximum absolute atomic E-state index is 12.2. The van der Waals surface area contributed by atoms with Crippen LogP contribution in [0.5, 0.6) is 0 Å². The number of hydrogen-bond acceptors (Lipinski definition) is 2. The summed E-state index contributed by atoms with van der Waals surface area (Å²) in [4.78, 5) is 12.2. The van der Waals surface area contributed by atoms with E-state index in [4.69, 9.17) is 4.74 Å². The predicted molar refractivity (Wildman–Crippen MR) is 100 cm³/mol. The molecular weight excluding hydrogens is 308 g/mol. The van der Waals surface area contributed by atoms with Gasteiger partial charge in [-0.3, -0.25) is 0 Å². The van der Waals surface area contributed by atoms with Gasteiger partial charge in [-0.15, -0.1) is 0 Å². The molecule has 2 aromatic carbocycles. The molecule has 1 fully saturated rings. The van der Waals surface area contributed by atoms with E-state index >= 15 is 0 Å². The summed E-state index contributed by atoms with van der Waals surface area (Å²) in [6.07, 6.45) is 9.58. The van der Waals surface area contributed by atoms with Crippen LogP contribution < -0.4 is 0 Å². The number of esters is 1. The van der Waals surface area contributed by atoms with Crippen molar-refractivity contribution in [3.63, 3.8) is 0 Å². The first kappa shape index (κ1) is 16.1. The number of allylic oxidation sites excluding steroid dienone is 2. The second-order valence-electron chi connectivity index (χ2n) is 7.26. The zero-order valence-electron chi connectivity index (χ0n) is 14.4. The van der Waals surface area contributed by atoms with E-state index in [1.165, 1.54) is 19.3 Å². The van der Waals surface area contributed by atoms with Crippen molar-refractivity contribution < 1.29 is 9.53 Å². The van der Waals surface area contributed by atoms with E-state index < -0.39 is 0 Å². The highest BCUT2D eigenvalue weighted by atomic mass is 16.5. The summed E-state index contributed by atoms with van der Waals surface area (Å²) < 4.78 is 5.46. The monoisotopic (exact) mass is 332 g/mol. The van der Waals surface area contributed by atoms with Gasteiger partial charge >= 0.3 is 5.97 Å². The fourth-order valence-corrected chi connectivity index (χ4v) is 4.25. The van der Waals surface area contributed by atoms with Crippen LogP contribution in [0.2, 0.25) is 0 Å². The minimum atomic E-state index is -0.215. The third kappa shape index (κ3) is 3.68. The summed E-state index contributed by atoms with van der Waals surface area (Å²) >= 11 is 0. The molecule has 128 valence electrons. The molecule has 0 amide bonds. The summed E-state index contributed by atoms with van der Waals surface area (Å²) in [5, 5.41) is 0. The van der Waals surface area contributed by atoms with Crippen molar-refractivity contribution in [1.29, 1.82) is 0 Å². The second-order valence-corrected chi connectivity index (χ2v) is 7.26. The van der Waals surface area contributed by atoms with Gasteiger partial charge in [-0.05, 0) is 66.7 Å². The Kier molecular flexibility index (Phi) is 4.69. The highest BCUT2D eigenvalue weighted by molar-refractivity contribution is 5.90. The van der Waals surface area contributed by atoms with Crippen molar-refractivity contribution in [2.75, 3.05) is 6.61 Å². The Morgan fingerprint density at radius 2 is 1.68 bits per heavy atom. The lowest BCUT2D eigenvalue weighted by Crippen LogP contribution is -2.10. The fraction of sp³-hybridized carbons (Fsp3) is 0.348. The van der Waals surface area contributed by atoms with E-state index in [0.717, 1.165) is 35.3 Å². The minimum absolute atomic E-state index is 0.215. The number of rotatable bonds is 6. The maximum atomic E-state index is 12.2. The summed E-state index contributed by atoms with van der Waals surface area (Å²) in [6.45, 7) is 0.525. The molecule has 4 rings (SSSR count). The Bertz CT molecular complexity index is 745. The molecule has 3 atom stereocenters. The third-order valence-electron chi connectivity index (χ3n) is 5.60. The smallest absolute Gasteiger partial charge is 0.338 e. The number of carbonyl (C=O) groups excluding carboxylic acids is 1. The van der Waals surface area contributed by atoms with Gasteiger partial charge in [0.1, 0.15) is 0 Å². The van der Waals surface area contributed by atoms with E-state index in [1.807, 2.05) is 42.5 Å². The van der Waals surface area contributed by atoms with E-state index in [1.54, 1.807) is 0 Å². The average molecular weight is 332 g/mol.